The number of benzene rings is 2. The van der Waals surface area contributed by atoms with Crippen molar-refractivity contribution in [1.82, 2.24) is 15.3 Å². The fourth-order valence-electron chi connectivity index (χ4n) is 4.14. The Balaban J connectivity index is 1.41. The van der Waals surface area contributed by atoms with Gasteiger partial charge in [-0.15, -0.1) is 0 Å². The maximum Gasteiger partial charge on any atom is 0.407 e. The number of rotatable bonds is 4. The number of halogens is 1. The molecule has 0 radical (unpaired) electrons. The number of anilines is 1. The number of amides is 1. The Kier molecular flexibility index (Phi) is 5.48. The third-order valence-electron chi connectivity index (χ3n) is 5.75. The number of hydrogen-bond donors (Lipinski definition) is 2. The predicted molar refractivity (Wildman–Crippen MR) is 116 cm³/mol. The molecule has 2 fully saturated rings. The molecule has 2 aromatic carbocycles. The van der Waals surface area contributed by atoms with Crippen LogP contribution in [0.2, 0.25) is 0 Å². The van der Waals surface area contributed by atoms with E-state index in [-0.39, 0.29) is 23.7 Å². The molecule has 5 rings (SSSR count). The summed E-state index contributed by atoms with van der Waals surface area (Å²) in [4.78, 5) is 23.4. The van der Waals surface area contributed by atoms with Crippen LogP contribution in [0.5, 0.6) is 5.75 Å². The highest BCUT2D eigenvalue weighted by molar-refractivity contribution is 5.91. The average Bonchev–Trinajstić information content (AvgIpc) is 3.45. The van der Waals surface area contributed by atoms with E-state index in [4.69, 9.17) is 9.47 Å². The number of aromatic hydroxyl groups is 1. The number of hydrogen-bond acceptors (Lipinski definition) is 7. The molecule has 1 amide bonds. The number of phenolic OH excluding ortho intramolecular Hbond substituents is 1. The lowest BCUT2D eigenvalue weighted by Gasteiger charge is -2.21. The molecule has 3 aromatic rings. The first-order valence-electron chi connectivity index (χ1n) is 10.6. The molecule has 0 aliphatic carbocycles. The number of phenols is 1. The van der Waals surface area contributed by atoms with Crippen molar-refractivity contribution in [3.8, 4) is 17.1 Å². The van der Waals surface area contributed by atoms with Gasteiger partial charge >= 0.3 is 6.09 Å². The quantitative estimate of drug-likeness (QED) is 0.646. The largest absolute Gasteiger partial charge is 0.507 e. The Bertz CT molecular complexity index is 1150. The molecule has 1 aromatic heterocycles. The molecule has 166 valence electrons. The fraction of sp³-hybridized carbons (Fsp3) is 0.348. The molecule has 32 heavy (non-hydrogen) atoms. The second kappa shape index (κ2) is 8.58. The highest BCUT2D eigenvalue weighted by Crippen LogP contribution is 2.33. The van der Waals surface area contributed by atoms with E-state index in [0.29, 0.717) is 67.3 Å². The summed E-state index contributed by atoms with van der Waals surface area (Å²) < 4.78 is 24.7. The minimum atomic E-state index is -0.458. The lowest BCUT2D eigenvalue weighted by molar-refractivity contribution is 0.0813. The van der Waals surface area contributed by atoms with Crippen LogP contribution < -0.4 is 10.2 Å². The van der Waals surface area contributed by atoms with Gasteiger partial charge in [-0.3, -0.25) is 0 Å². The van der Waals surface area contributed by atoms with Gasteiger partial charge in [0.1, 0.15) is 23.5 Å². The summed E-state index contributed by atoms with van der Waals surface area (Å²) in [6.07, 6.45) is 0.740. The second-order valence-corrected chi connectivity index (χ2v) is 8.02. The van der Waals surface area contributed by atoms with Crippen LogP contribution in [0.25, 0.3) is 22.3 Å². The van der Waals surface area contributed by atoms with Crippen LogP contribution in [-0.4, -0.2) is 59.6 Å². The van der Waals surface area contributed by atoms with E-state index >= 15 is 0 Å². The third-order valence-corrected chi connectivity index (χ3v) is 5.75. The highest BCUT2D eigenvalue weighted by Gasteiger charge is 2.29. The van der Waals surface area contributed by atoms with E-state index in [0.717, 1.165) is 0 Å². The minimum Gasteiger partial charge on any atom is -0.507 e. The van der Waals surface area contributed by atoms with Crippen molar-refractivity contribution in [2.24, 2.45) is 0 Å². The van der Waals surface area contributed by atoms with Gasteiger partial charge in [0.05, 0.1) is 30.3 Å². The van der Waals surface area contributed by atoms with E-state index in [2.05, 4.69) is 15.3 Å². The number of nitrogens with one attached hydrogen (secondary N) is 1. The summed E-state index contributed by atoms with van der Waals surface area (Å²) in [6, 6.07) is 11.1. The van der Waals surface area contributed by atoms with Crippen molar-refractivity contribution in [3.05, 3.63) is 48.3 Å². The molecule has 0 saturated carbocycles. The first-order chi connectivity index (χ1) is 15.6. The Morgan fingerprint density at radius 3 is 2.91 bits per heavy atom. The van der Waals surface area contributed by atoms with Crippen LogP contribution in [0.4, 0.5) is 15.0 Å². The van der Waals surface area contributed by atoms with Crippen molar-refractivity contribution in [2.75, 3.05) is 31.2 Å². The Hall–Kier alpha value is -3.46. The summed E-state index contributed by atoms with van der Waals surface area (Å²) in [6.45, 7) is 2.16. The van der Waals surface area contributed by atoms with Crippen molar-refractivity contribution >= 4 is 22.8 Å². The van der Waals surface area contributed by atoms with Gasteiger partial charge in [0, 0.05) is 24.9 Å². The number of carbonyl (C=O) groups is 1. The lowest BCUT2D eigenvalue weighted by Crippen LogP contribution is -2.39. The topological polar surface area (TPSA) is 96.8 Å². The van der Waals surface area contributed by atoms with Gasteiger partial charge in [-0.25, -0.2) is 19.2 Å². The van der Waals surface area contributed by atoms with E-state index in [9.17, 15) is 14.3 Å². The van der Waals surface area contributed by atoms with Gasteiger partial charge < -0.3 is 24.8 Å². The van der Waals surface area contributed by atoms with Crippen molar-refractivity contribution in [2.45, 2.75) is 25.0 Å². The van der Waals surface area contributed by atoms with Gasteiger partial charge in [0.25, 0.3) is 0 Å². The zero-order chi connectivity index (χ0) is 22.1. The first kappa shape index (κ1) is 20.4. The molecule has 2 saturated heterocycles. The number of aromatic nitrogens is 2. The number of carbonyl (C=O) groups excluding carboxylic acids is 1. The molecule has 0 unspecified atom stereocenters. The third kappa shape index (κ3) is 4.16. The van der Waals surface area contributed by atoms with E-state index in [1.807, 2.05) is 4.90 Å². The molecule has 2 atom stereocenters. The van der Waals surface area contributed by atoms with E-state index in [1.165, 1.54) is 12.1 Å². The van der Waals surface area contributed by atoms with Crippen LogP contribution >= 0.6 is 0 Å². The number of alkyl carbamates (subject to hydrolysis) is 1. The van der Waals surface area contributed by atoms with Crippen molar-refractivity contribution < 1.29 is 23.8 Å². The van der Waals surface area contributed by atoms with Crippen LogP contribution in [0.1, 0.15) is 12.8 Å². The second-order valence-electron chi connectivity index (χ2n) is 8.02. The summed E-state index contributed by atoms with van der Waals surface area (Å²) >= 11 is 0. The van der Waals surface area contributed by atoms with Gasteiger partial charge in [-0.2, -0.15) is 0 Å². The number of nitrogens with zero attached hydrogens (tertiary/aromatic N) is 3. The van der Waals surface area contributed by atoms with E-state index < -0.39 is 6.09 Å². The number of ether oxygens (including phenoxy) is 2. The Morgan fingerprint density at radius 1 is 1.22 bits per heavy atom. The maximum atomic E-state index is 14.0. The predicted octanol–water partition coefficient (Wildman–Crippen LogP) is 3.24. The van der Waals surface area contributed by atoms with Gasteiger partial charge in [-0.05, 0) is 36.8 Å². The average molecular weight is 438 g/mol. The molecular weight excluding hydrogens is 415 g/mol. The molecule has 8 nitrogen and oxygen atoms in total. The lowest BCUT2D eigenvalue weighted by atomic mass is 10.1. The number of fused-ring (bicyclic) bond motifs is 1. The molecule has 9 heteroatoms. The summed E-state index contributed by atoms with van der Waals surface area (Å²) in [7, 11) is 0. The highest BCUT2D eigenvalue weighted by atomic mass is 19.1. The van der Waals surface area contributed by atoms with Gasteiger partial charge in [0.15, 0.2) is 5.82 Å². The standard InChI is InChI=1S/C23H23FN4O4/c24-14-5-6-19-18(11-14)22(27-21(26-19)17-3-1-2-4-20(17)29)28-9-7-15(12-28)25-23(30)32-16-8-10-31-13-16/h1-6,11,15-16,29H,7-10,12-13H2,(H,25,30)/t15-,16-/m1/s1. The van der Waals surface area contributed by atoms with Gasteiger partial charge in [-0.1, -0.05) is 12.1 Å². The van der Waals surface area contributed by atoms with Crippen molar-refractivity contribution in [1.29, 1.82) is 0 Å². The minimum absolute atomic E-state index is 0.0690. The van der Waals surface area contributed by atoms with Crippen LogP contribution in [0, 0.1) is 5.82 Å². The zero-order valence-corrected chi connectivity index (χ0v) is 17.3. The van der Waals surface area contributed by atoms with Crippen LogP contribution in [0.15, 0.2) is 42.5 Å². The van der Waals surface area contributed by atoms with Gasteiger partial charge in [0.2, 0.25) is 0 Å². The molecule has 2 aliphatic rings. The fourth-order valence-corrected chi connectivity index (χ4v) is 4.14. The molecular formula is C23H23FN4O4. The molecule has 0 bridgehead atoms. The molecule has 0 spiro atoms. The smallest absolute Gasteiger partial charge is 0.407 e. The molecule has 3 heterocycles. The Labute approximate surface area is 184 Å². The molecule has 2 N–H and O–H groups in total. The van der Waals surface area contributed by atoms with Crippen LogP contribution in [0.3, 0.4) is 0 Å². The van der Waals surface area contributed by atoms with Crippen molar-refractivity contribution in [3.63, 3.8) is 0 Å². The van der Waals surface area contributed by atoms with E-state index in [1.54, 1.807) is 30.3 Å². The monoisotopic (exact) mass is 438 g/mol. The normalized spacial score (nSPS) is 20.6. The SMILES string of the molecule is O=C(N[C@@H]1CCN(c2nc(-c3ccccc3O)nc3ccc(F)cc23)C1)O[C@@H]1CCOC1. The maximum absolute atomic E-state index is 14.0. The number of para-hydroxylation sites is 1. The van der Waals surface area contributed by atoms with Crippen LogP contribution in [-0.2, 0) is 9.47 Å². The summed E-state index contributed by atoms with van der Waals surface area (Å²) in [5, 5.41) is 13.8. The first-order valence-corrected chi connectivity index (χ1v) is 10.6. The zero-order valence-electron chi connectivity index (χ0n) is 17.3. The Morgan fingerprint density at radius 2 is 2.09 bits per heavy atom. The summed E-state index contributed by atoms with van der Waals surface area (Å²) in [5.74, 6) is 0.609. The molecule has 2 aliphatic heterocycles. The summed E-state index contributed by atoms with van der Waals surface area (Å²) in [5.41, 5.74) is 1.07.